The van der Waals surface area contributed by atoms with Crippen molar-refractivity contribution < 1.29 is 13.2 Å². The van der Waals surface area contributed by atoms with Gasteiger partial charge in [0.15, 0.2) is 0 Å². The number of hydrogen-bond acceptors (Lipinski definition) is 5. The highest BCUT2D eigenvalue weighted by molar-refractivity contribution is 7.93. The van der Waals surface area contributed by atoms with Crippen LogP contribution in [-0.2, 0) is 23.0 Å². The average molecular weight is 515 g/mol. The van der Waals surface area contributed by atoms with Crippen LogP contribution in [0.2, 0.25) is 0 Å². The first-order valence-electron chi connectivity index (χ1n) is 12.4. The summed E-state index contributed by atoms with van der Waals surface area (Å²) in [6, 6.07) is 22.1. The molecule has 5 rings (SSSR count). The minimum Gasteiger partial charge on any atom is -0.366 e. The summed E-state index contributed by atoms with van der Waals surface area (Å²) in [5, 5.41) is 3.73. The van der Waals surface area contributed by atoms with Crippen molar-refractivity contribution in [3.8, 4) is 0 Å². The van der Waals surface area contributed by atoms with E-state index in [0.717, 1.165) is 24.0 Å². The van der Waals surface area contributed by atoms with Gasteiger partial charge in [0.2, 0.25) is 0 Å². The van der Waals surface area contributed by atoms with Gasteiger partial charge in [-0.05, 0) is 53.8 Å². The summed E-state index contributed by atoms with van der Waals surface area (Å²) in [4.78, 5) is 19.8. The predicted molar refractivity (Wildman–Crippen MR) is 147 cm³/mol. The van der Waals surface area contributed by atoms with Gasteiger partial charge >= 0.3 is 0 Å². The summed E-state index contributed by atoms with van der Waals surface area (Å²) >= 11 is 0. The van der Waals surface area contributed by atoms with Gasteiger partial charge in [0.1, 0.15) is 4.90 Å². The molecule has 0 aliphatic carbocycles. The van der Waals surface area contributed by atoms with Gasteiger partial charge in [-0.1, -0.05) is 56.3 Å². The third-order valence-corrected chi connectivity index (χ3v) is 7.93. The molecule has 8 heteroatoms. The average Bonchev–Trinajstić information content (AvgIpc) is 2.90. The molecule has 2 heterocycles. The predicted octanol–water partition coefficient (Wildman–Crippen LogP) is 4.98. The number of pyridine rings is 1. The molecule has 0 saturated heterocycles. The zero-order valence-electron chi connectivity index (χ0n) is 20.9. The maximum Gasteiger partial charge on any atom is 0.264 e. The van der Waals surface area contributed by atoms with Gasteiger partial charge < -0.3 is 10.2 Å². The third kappa shape index (κ3) is 5.29. The molecule has 0 unspecified atom stereocenters. The molecule has 2 N–H and O–H groups in total. The number of nitrogens with zero attached hydrogens (tertiary/aromatic N) is 2. The molecular formula is C29H30N4O3S. The lowest BCUT2D eigenvalue weighted by Gasteiger charge is -2.32. The first-order chi connectivity index (χ1) is 17.8. The van der Waals surface area contributed by atoms with Gasteiger partial charge in [-0.25, -0.2) is 8.42 Å². The first-order valence-corrected chi connectivity index (χ1v) is 13.9. The smallest absolute Gasteiger partial charge is 0.264 e. The van der Waals surface area contributed by atoms with Crippen molar-refractivity contribution in [1.29, 1.82) is 0 Å². The molecule has 0 radical (unpaired) electrons. The summed E-state index contributed by atoms with van der Waals surface area (Å²) in [6.07, 6.45) is 2.45. The van der Waals surface area contributed by atoms with Crippen molar-refractivity contribution in [2.24, 2.45) is 5.92 Å². The van der Waals surface area contributed by atoms with E-state index >= 15 is 0 Å². The van der Waals surface area contributed by atoms with Crippen molar-refractivity contribution >= 4 is 38.2 Å². The molecule has 1 aromatic heterocycles. The number of hydrogen-bond donors (Lipinski definition) is 2. The highest BCUT2D eigenvalue weighted by Gasteiger charge is 2.24. The van der Waals surface area contributed by atoms with E-state index in [2.05, 4.69) is 32.1 Å². The Morgan fingerprint density at radius 2 is 1.78 bits per heavy atom. The van der Waals surface area contributed by atoms with Crippen LogP contribution in [0.4, 0.5) is 11.4 Å². The number of aromatic nitrogens is 1. The molecule has 4 aromatic rings. The van der Waals surface area contributed by atoms with E-state index in [1.165, 1.54) is 17.2 Å². The van der Waals surface area contributed by atoms with Gasteiger partial charge in [0, 0.05) is 42.6 Å². The van der Waals surface area contributed by atoms with E-state index in [9.17, 15) is 13.2 Å². The van der Waals surface area contributed by atoms with Crippen molar-refractivity contribution in [1.82, 2.24) is 10.3 Å². The lowest BCUT2D eigenvalue weighted by atomic mass is 9.98. The van der Waals surface area contributed by atoms with Gasteiger partial charge in [-0.15, -0.1) is 0 Å². The zero-order chi connectivity index (χ0) is 26.0. The van der Waals surface area contributed by atoms with E-state index in [4.69, 9.17) is 0 Å². The number of carbonyl (C=O) groups excluding carboxylic acids is 1. The summed E-state index contributed by atoms with van der Waals surface area (Å²) < 4.78 is 29.4. The molecule has 7 nitrogen and oxygen atoms in total. The number of benzene rings is 3. The second-order valence-electron chi connectivity index (χ2n) is 9.71. The Kier molecular flexibility index (Phi) is 6.84. The molecular weight excluding hydrogens is 484 g/mol. The number of nitrogens with one attached hydrogen (secondary N) is 2. The van der Waals surface area contributed by atoms with E-state index in [1.54, 1.807) is 30.5 Å². The largest absolute Gasteiger partial charge is 0.366 e. The monoisotopic (exact) mass is 514 g/mol. The zero-order valence-corrected chi connectivity index (χ0v) is 21.8. The number of rotatable bonds is 7. The van der Waals surface area contributed by atoms with E-state index in [0.29, 0.717) is 29.9 Å². The molecule has 1 aliphatic heterocycles. The van der Waals surface area contributed by atoms with Crippen molar-refractivity contribution in [3.05, 3.63) is 95.7 Å². The second kappa shape index (κ2) is 10.2. The first kappa shape index (κ1) is 24.8. The van der Waals surface area contributed by atoms with Crippen molar-refractivity contribution in [2.75, 3.05) is 22.7 Å². The van der Waals surface area contributed by atoms with Crippen LogP contribution < -0.4 is 14.9 Å². The van der Waals surface area contributed by atoms with Crippen LogP contribution >= 0.6 is 0 Å². The molecule has 1 aliphatic rings. The van der Waals surface area contributed by atoms with Crippen LogP contribution in [0.5, 0.6) is 0 Å². The Morgan fingerprint density at radius 3 is 2.59 bits per heavy atom. The normalized spacial score (nSPS) is 13.4. The lowest BCUT2D eigenvalue weighted by molar-refractivity contribution is 0.0949. The second-order valence-corrected chi connectivity index (χ2v) is 11.4. The summed E-state index contributed by atoms with van der Waals surface area (Å²) in [6.45, 7) is 6.05. The highest BCUT2D eigenvalue weighted by atomic mass is 32.2. The minimum absolute atomic E-state index is 0.0909. The van der Waals surface area contributed by atoms with Crippen molar-refractivity contribution in [2.45, 2.75) is 31.7 Å². The number of amides is 1. The number of para-hydroxylation sites is 1. The molecule has 0 atom stereocenters. The maximum absolute atomic E-state index is 13.4. The molecule has 0 saturated carbocycles. The van der Waals surface area contributed by atoms with Gasteiger partial charge in [-0.2, -0.15) is 0 Å². The maximum atomic E-state index is 13.4. The van der Waals surface area contributed by atoms with E-state index in [1.807, 2.05) is 44.2 Å². The molecule has 3 aromatic carbocycles. The van der Waals surface area contributed by atoms with Gasteiger partial charge in [-0.3, -0.25) is 14.5 Å². The fraction of sp³-hybridized carbons (Fsp3) is 0.241. The molecule has 0 fully saturated rings. The Hall–Kier alpha value is -3.91. The minimum atomic E-state index is -3.94. The van der Waals surface area contributed by atoms with Crippen LogP contribution in [0.1, 0.15) is 35.3 Å². The van der Waals surface area contributed by atoms with Crippen LogP contribution in [0, 0.1) is 5.92 Å². The summed E-state index contributed by atoms with van der Waals surface area (Å²) in [5.74, 6) is 0.0604. The SMILES string of the molecule is CC(C)CNC(=O)c1cc(NS(=O)(=O)c2cccc3cccnc23)ccc1N1CCc2ccccc2C1. The number of carbonyl (C=O) groups is 1. The number of fused-ring (bicyclic) bond motifs is 2. The Morgan fingerprint density at radius 1 is 1.00 bits per heavy atom. The fourth-order valence-corrected chi connectivity index (χ4v) is 5.88. The standard InChI is InChI=1S/C29H30N4O3S/c1-20(2)18-31-29(34)25-17-24(12-13-26(25)33-16-14-21-7-3-4-8-23(21)19-33)32-37(35,36)27-11-5-9-22-10-6-15-30-28(22)27/h3-13,15,17,20,32H,14,16,18-19H2,1-2H3,(H,31,34). The van der Waals surface area contributed by atoms with Crippen molar-refractivity contribution in [3.63, 3.8) is 0 Å². The fourth-order valence-electron chi connectivity index (χ4n) is 4.65. The Labute approximate surface area is 217 Å². The number of sulfonamides is 1. The molecule has 0 spiro atoms. The Balaban J connectivity index is 1.49. The van der Waals surface area contributed by atoms with Crippen LogP contribution in [-0.4, -0.2) is 32.4 Å². The van der Waals surface area contributed by atoms with Gasteiger partial charge in [0.25, 0.3) is 15.9 Å². The molecule has 0 bridgehead atoms. The summed E-state index contributed by atoms with van der Waals surface area (Å²) in [5.41, 5.74) is 4.50. The third-order valence-electron chi connectivity index (χ3n) is 6.52. The number of anilines is 2. The lowest BCUT2D eigenvalue weighted by Crippen LogP contribution is -2.34. The molecule has 190 valence electrons. The van der Waals surface area contributed by atoms with Crippen LogP contribution in [0.25, 0.3) is 10.9 Å². The van der Waals surface area contributed by atoms with E-state index < -0.39 is 10.0 Å². The summed E-state index contributed by atoms with van der Waals surface area (Å²) in [7, 11) is -3.94. The highest BCUT2D eigenvalue weighted by Crippen LogP contribution is 2.31. The van der Waals surface area contributed by atoms with E-state index in [-0.39, 0.29) is 16.7 Å². The van der Waals surface area contributed by atoms with Crippen LogP contribution in [0.3, 0.4) is 0 Å². The molecule has 1 amide bonds. The Bertz CT molecular complexity index is 1560. The van der Waals surface area contributed by atoms with Crippen LogP contribution in [0.15, 0.2) is 83.9 Å². The van der Waals surface area contributed by atoms with Gasteiger partial charge in [0.05, 0.1) is 11.1 Å². The molecule has 37 heavy (non-hydrogen) atoms. The topological polar surface area (TPSA) is 91.4 Å². The quantitative estimate of drug-likeness (QED) is 0.363.